The predicted molar refractivity (Wildman–Crippen MR) is 113 cm³/mol. The summed E-state index contributed by atoms with van der Waals surface area (Å²) in [5.74, 6) is 0.709. The number of aromatic nitrogens is 2. The second kappa shape index (κ2) is 7.63. The number of fused-ring (bicyclic) bond motifs is 2. The Morgan fingerprint density at radius 1 is 1.30 bits per heavy atom. The number of carbonyl (C=O) groups is 2. The number of allylic oxidation sites excluding steroid dienone is 2. The van der Waals surface area contributed by atoms with Crippen molar-refractivity contribution in [3.8, 4) is 0 Å². The number of rotatable bonds is 4. The number of hydrogen-bond acceptors (Lipinski definition) is 5. The highest BCUT2D eigenvalue weighted by Gasteiger charge is 2.55. The molecule has 6 atom stereocenters. The van der Waals surface area contributed by atoms with Crippen LogP contribution in [0.25, 0.3) is 0 Å². The standard InChI is InChI=1S/C24H34N2O4/c1-15(28)26-22-10-18(14-30-16(2)29)24(4,11-17(22)12-25-26)21-7-9-23(3)8-5-6-20(23)19(21)13-27/h5,8,12,18-21,27H,6-7,9-11,13-14H2,1-4H3/t18-,19+,20+,21+,23+,24+/m1/s1. The fourth-order valence-corrected chi connectivity index (χ4v) is 6.81. The zero-order valence-electron chi connectivity index (χ0n) is 18.6. The Bertz CT molecular complexity index is 875. The Hall–Kier alpha value is -1.95. The molecule has 1 fully saturated rings. The molecule has 1 saturated carbocycles. The minimum atomic E-state index is -0.279. The van der Waals surface area contributed by atoms with Crippen molar-refractivity contribution in [3.05, 3.63) is 29.6 Å². The van der Waals surface area contributed by atoms with Crippen LogP contribution >= 0.6 is 0 Å². The maximum atomic E-state index is 12.0. The van der Waals surface area contributed by atoms with Crippen LogP contribution in [0, 0.1) is 34.5 Å². The second-order valence-corrected chi connectivity index (χ2v) is 10.2. The molecule has 1 N–H and O–H groups in total. The lowest BCUT2D eigenvalue weighted by Crippen LogP contribution is -2.52. The summed E-state index contributed by atoms with van der Waals surface area (Å²) in [6.45, 7) is 8.12. The average molecular weight is 415 g/mol. The monoisotopic (exact) mass is 414 g/mol. The third kappa shape index (κ3) is 3.33. The molecule has 0 bridgehead atoms. The van der Waals surface area contributed by atoms with Crippen molar-refractivity contribution in [1.29, 1.82) is 0 Å². The highest BCUT2D eigenvalue weighted by atomic mass is 16.5. The number of hydrogen-bond donors (Lipinski definition) is 1. The van der Waals surface area contributed by atoms with E-state index in [0.717, 1.165) is 36.9 Å². The van der Waals surface area contributed by atoms with Crippen molar-refractivity contribution in [3.63, 3.8) is 0 Å². The fourth-order valence-electron chi connectivity index (χ4n) is 6.81. The van der Waals surface area contributed by atoms with E-state index >= 15 is 0 Å². The Morgan fingerprint density at radius 3 is 2.73 bits per heavy atom. The zero-order chi connectivity index (χ0) is 21.7. The van der Waals surface area contributed by atoms with Gasteiger partial charge in [-0.1, -0.05) is 26.0 Å². The van der Waals surface area contributed by atoms with Gasteiger partial charge in [0.25, 0.3) is 0 Å². The van der Waals surface area contributed by atoms with Gasteiger partial charge in [0.15, 0.2) is 0 Å². The molecule has 3 aliphatic carbocycles. The van der Waals surface area contributed by atoms with Gasteiger partial charge in [-0.15, -0.1) is 0 Å². The number of carbonyl (C=O) groups excluding carboxylic acids is 2. The van der Waals surface area contributed by atoms with Crippen LogP contribution in [0.15, 0.2) is 18.3 Å². The molecule has 0 saturated heterocycles. The Kier molecular flexibility index (Phi) is 5.41. The normalized spacial score (nSPS) is 37.5. The lowest BCUT2D eigenvalue weighted by molar-refractivity contribution is -0.146. The molecule has 0 amide bonds. The van der Waals surface area contributed by atoms with Gasteiger partial charge in [0.1, 0.15) is 0 Å². The van der Waals surface area contributed by atoms with Crippen molar-refractivity contribution in [2.24, 2.45) is 34.5 Å². The molecule has 1 aromatic heterocycles. The van der Waals surface area contributed by atoms with Gasteiger partial charge in [0.05, 0.1) is 18.5 Å². The van der Waals surface area contributed by atoms with Gasteiger partial charge in [0, 0.05) is 26.4 Å². The Labute approximate surface area is 178 Å². The van der Waals surface area contributed by atoms with Gasteiger partial charge in [-0.25, -0.2) is 4.68 Å². The van der Waals surface area contributed by atoms with Crippen molar-refractivity contribution in [2.75, 3.05) is 13.2 Å². The molecular weight excluding hydrogens is 380 g/mol. The van der Waals surface area contributed by atoms with Gasteiger partial charge in [-0.05, 0) is 66.3 Å². The van der Waals surface area contributed by atoms with Crippen LogP contribution in [-0.4, -0.2) is 40.0 Å². The van der Waals surface area contributed by atoms with Crippen molar-refractivity contribution < 1.29 is 19.4 Å². The first kappa shape index (κ1) is 21.3. The van der Waals surface area contributed by atoms with E-state index in [2.05, 4.69) is 31.1 Å². The Morgan fingerprint density at radius 2 is 2.07 bits per heavy atom. The smallest absolute Gasteiger partial charge is 0.302 e. The molecule has 0 unspecified atom stereocenters. The lowest BCUT2D eigenvalue weighted by atomic mass is 9.50. The molecule has 30 heavy (non-hydrogen) atoms. The number of nitrogens with zero attached hydrogens (tertiary/aromatic N) is 2. The molecule has 0 aromatic carbocycles. The van der Waals surface area contributed by atoms with Crippen LogP contribution in [0.2, 0.25) is 0 Å². The van der Waals surface area contributed by atoms with Crippen LogP contribution in [0.1, 0.15) is 63.0 Å². The van der Waals surface area contributed by atoms with E-state index in [1.54, 1.807) is 0 Å². The van der Waals surface area contributed by atoms with E-state index in [9.17, 15) is 14.7 Å². The molecule has 0 radical (unpaired) electrons. The van der Waals surface area contributed by atoms with E-state index < -0.39 is 0 Å². The molecule has 6 nitrogen and oxygen atoms in total. The van der Waals surface area contributed by atoms with Crippen molar-refractivity contribution in [2.45, 2.75) is 59.8 Å². The highest BCUT2D eigenvalue weighted by molar-refractivity contribution is 5.76. The number of aliphatic hydroxyl groups excluding tert-OH is 1. The fraction of sp³-hybridized carbons (Fsp3) is 0.708. The van der Waals surface area contributed by atoms with Gasteiger partial charge >= 0.3 is 5.97 Å². The summed E-state index contributed by atoms with van der Waals surface area (Å²) in [7, 11) is 0. The molecule has 0 spiro atoms. The molecule has 1 heterocycles. The third-order valence-corrected chi connectivity index (χ3v) is 8.51. The number of ether oxygens (including phenoxy) is 1. The van der Waals surface area contributed by atoms with Crippen LogP contribution < -0.4 is 0 Å². The van der Waals surface area contributed by atoms with E-state index in [1.165, 1.54) is 18.5 Å². The minimum Gasteiger partial charge on any atom is -0.466 e. The van der Waals surface area contributed by atoms with E-state index in [0.29, 0.717) is 24.9 Å². The summed E-state index contributed by atoms with van der Waals surface area (Å²) >= 11 is 0. The van der Waals surface area contributed by atoms with Crippen LogP contribution in [0.4, 0.5) is 0 Å². The van der Waals surface area contributed by atoms with Gasteiger partial charge in [-0.2, -0.15) is 5.10 Å². The molecule has 6 heteroatoms. The summed E-state index contributed by atoms with van der Waals surface area (Å²) in [5, 5.41) is 14.8. The molecule has 164 valence electrons. The maximum Gasteiger partial charge on any atom is 0.302 e. The molecule has 0 aliphatic heterocycles. The topological polar surface area (TPSA) is 81.4 Å². The van der Waals surface area contributed by atoms with E-state index in [-0.39, 0.29) is 41.1 Å². The first-order valence-corrected chi connectivity index (χ1v) is 11.2. The molecule has 3 aliphatic rings. The first-order valence-electron chi connectivity index (χ1n) is 11.2. The third-order valence-electron chi connectivity index (χ3n) is 8.51. The molecule has 4 rings (SSSR count). The van der Waals surface area contributed by atoms with Crippen LogP contribution in [0.3, 0.4) is 0 Å². The van der Waals surface area contributed by atoms with Crippen molar-refractivity contribution in [1.82, 2.24) is 9.78 Å². The summed E-state index contributed by atoms with van der Waals surface area (Å²) in [6.07, 6.45) is 11.1. The quantitative estimate of drug-likeness (QED) is 0.603. The van der Waals surface area contributed by atoms with Crippen molar-refractivity contribution >= 4 is 11.9 Å². The molecular formula is C24H34N2O4. The van der Waals surface area contributed by atoms with Crippen LogP contribution in [-0.2, 0) is 22.4 Å². The van der Waals surface area contributed by atoms with Gasteiger partial charge in [0.2, 0.25) is 5.91 Å². The largest absolute Gasteiger partial charge is 0.466 e. The SMILES string of the molecule is CC(=O)OC[C@H]1Cc2c(cnn2C(C)=O)C[C@]1(C)[C@H]1CC[C@]2(C)C=CC[C@H]2[C@@H]1CO. The summed E-state index contributed by atoms with van der Waals surface area (Å²) in [5.41, 5.74) is 2.09. The lowest BCUT2D eigenvalue weighted by Gasteiger charge is -2.55. The number of aliphatic hydroxyl groups is 1. The first-order chi connectivity index (χ1) is 14.2. The summed E-state index contributed by atoms with van der Waals surface area (Å²) in [6, 6.07) is 0. The second-order valence-electron chi connectivity index (χ2n) is 10.2. The minimum absolute atomic E-state index is 0.0847. The predicted octanol–water partition coefficient (Wildman–Crippen LogP) is 3.43. The van der Waals surface area contributed by atoms with Crippen LogP contribution in [0.5, 0.6) is 0 Å². The summed E-state index contributed by atoms with van der Waals surface area (Å²) < 4.78 is 7.00. The molecule has 1 aromatic rings. The Balaban J connectivity index is 1.70. The van der Waals surface area contributed by atoms with E-state index in [4.69, 9.17) is 4.74 Å². The highest BCUT2D eigenvalue weighted by Crippen LogP contribution is 2.59. The van der Waals surface area contributed by atoms with E-state index in [1.807, 2.05) is 6.20 Å². The average Bonchev–Trinajstić information content (AvgIpc) is 3.27. The maximum absolute atomic E-state index is 12.0. The summed E-state index contributed by atoms with van der Waals surface area (Å²) in [4.78, 5) is 23.7. The van der Waals surface area contributed by atoms with Gasteiger partial charge in [-0.3, -0.25) is 9.59 Å². The number of esters is 1. The van der Waals surface area contributed by atoms with Gasteiger partial charge < -0.3 is 9.84 Å². The zero-order valence-corrected chi connectivity index (χ0v) is 18.6.